The summed E-state index contributed by atoms with van der Waals surface area (Å²) in [6.45, 7) is 2.94. The van der Waals surface area contributed by atoms with E-state index >= 15 is 0 Å². The van der Waals surface area contributed by atoms with Gasteiger partial charge >= 0.3 is 0 Å². The Morgan fingerprint density at radius 3 is 1.85 bits per heavy atom. The van der Waals surface area contributed by atoms with Crippen molar-refractivity contribution in [3.8, 4) is 0 Å². The molecule has 0 aliphatic carbocycles. The van der Waals surface area contributed by atoms with E-state index in [1.54, 1.807) is 0 Å². The molecule has 2 atom stereocenters. The maximum absolute atomic E-state index is 12.7. The molecule has 0 spiro atoms. The molecule has 3 aromatic rings. The third kappa shape index (κ3) is 4.01. The van der Waals surface area contributed by atoms with E-state index in [0.717, 1.165) is 6.54 Å². The fourth-order valence-corrected chi connectivity index (χ4v) is 4.06. The Labute approximate surface area is 161 Å². The van der Waals surface area contributed by atoms with Crippen molar-refractivity contribution in [2.75, 3.05) is 0 Å². The van der Waals surface area contributed by atoms with E-state index in [9.17, 15) is 4.79 Å². The van der Waals surface area contributed by atoms with Gasteiger partial charge in [-0.25, -0.2) is 0 Å². The molecule has 0 aromatic heterocycles. The second-order valence-corrected chi connectivity index (χ2v) is 7.46. The number of rotatable bonds is 4. The van der Waals surface area contributed by atoms with Crippen LogP contribution in [0.1, 0.15) is 47.2 Å². The summed E-state index contributed by atoms with van der Waals surface area (Å²) in [7, 11) is 0. The Hall–Kier alpha value is -2.71. The molecule has 0 N–H and O–H groups in total. The Morgan fingerprint density at radius 2 is 1.26 bits per heavy atom. The third-order valence-electron chi connectivity index (χ3n) is 5.50. The molecular weight excluding hydrogens is 330 g/mol. The summed E-state index contributed by atoms with van der Waals surface area (Å²) >= 11 is 0. The number of Topliss-reactive ketones (excluding diaryl/α,β-unsaturated/α-hetero) is 1. The predicted molar refractivity (Wildman–Crippen MR) is 109 cm³/mol. The largest absolute Gasteiger partial charge is 0.300 e. The molecule has 3 aromatic carbocycles. The van der Waals surface area contributed by atoms with E-state index in [4.69, 9.17) is 0 Å². The van der Waals surface area contributed by atoms with E-state index in [2.05, 4.69) is 90.7 Å². The molecular formula is C25H25NO. The highest BCUT2D eigenvalue weighted by Crippen LogP contribution is 2.41. The highest BCUT2D eigenvalue weighted by Gasteiger charge is 2.36. The van der Waals surface area contributed by atoms with Gasteiger partial charge in [-0.3, -0.25) is 9.69 Å². The fourth-order valence-electron chi connectivity index (χ4n) is 4.06. The van der Waals surface area contributed by atoms with Crippen LogP contribution in [0.5, 0.6) is 0 Å². The molecule has 2 nitrogen and oxygen atoms in total. The highest BCUT2D eigenvalue weighted by molar-refractivity contribution is 5.81. The number of benzene rings is 3. The van der Waals surface area contributed by atoms with Gasteiger partial charge in [0, 0.05) is 31.5 Å². The number of hydrogen-bond donors (Lipinski definition) is 0. The SMILES string of the molecule is Cc1ccc([C@@H]2CC(=O)C[C@H](c3ccccc3)N2Cc2ccccc2)cc1. The molecule has 1 aliphatic heterocycles. The van der Waals surface area contributed by atoms with Crippen LogP contribution in [0, 0.1) is 6.92 Å². The maximum Gasteiger partial charge on any atom is 0.136 e. The van der Waals surface area contributed by atoms with Crippen molar-refractivity contribution in [3.05, 3.63) is 107 Å². The van der Waals surface area contributed by atoms with E-state index in [-0.39, 0.29) is 12.1 Å². The van der Waals surface area contributed by atoms with E-state index < -0.39 is 0 Å². The summed E-state index contributed by atoms with van der Waals surface area (Å²) in [6, 6.07) is 29.9. The molecule has 0 radical (unpaired) electrons. The molecule has 1 heterocycles. The van der Waals surface area contributed by atoms with Crippen LogP contribution < -0.4 is 0 Å². The lowest BCUT2D eigenvalue weighted by Crippen LogP contribution is -2.39. The lowest BCUT2D eigenvalue weighted by molar-refractivity contribution is -0.126. The van der Waals surface area contributed by atoms with Crippen LogP contribution in [0.25, 0.3) is 0 Å². The molecule has 4 rings (SSSR count). The van der Waals surface area contributed by atoms with Crippen molar-refractivity contribution in [3.63, 3.8) is 0 Å². The number of ketones is 1. The van der Waals surface area contributed by atoms with Crippen molar-refractivity contribution in [1.29, 1.82) is 0 Å². The van der Waals surface area contributed by atoms with Crippen LogP contribution in [0.2, 0.25) is 0 Å². The molecule has 27 heavy (non-hydrogen) atoms. The first-order valence-corrected chi connectivity index (χ1v) is 9.63. The average molecular weight is 355 g/mol. The summed E-state index contributed by atoms with van der Waals surface area (Å²) in [5.74, 6) is 0.346. The van der Waals surface area contributed by atoms with Gasteiger partial charge in [0.1, 0.15) is 5.78 Å². The molecule has 0 bridgehead atoms. The van der Waals surface area contributed by atoms with Gasteiger partial charge in [-0.05, 0) is 23.6 Å². The van der Waals surface area contributed by atoms with Gasteiger partial charge < -0.3 is 0 Å². The van der Waals surface area contributed by atoms with E-state index in [1.807, 2.05) is 6.07 Å². The van der Waals surface area contributed by atoms with Crippen molar-refractivity contribution in [2.24, 2.45) is 0 Å². The topological polar surface area (TPSA) is 20.3 Å². The van der Waals surface area contributed by atoms with Crippen LogP contribution in [-0.2, 0) is 11.3 Å². The Kier molecular flexibility index (Phi) is 5.17. The summed E-state index contributed by atoms with van der Waals surface area (Å²) in [4.78, 5) is 15.2. The highest BCUT2D eigenvalue weighted by atomic mass is 16.1. The standard InChI is InChI=1S/C25H25NO/c1-19-12-14-22(15-13-19)25-17-23(27)16-24(21-10-6-3-7-11-21)26(25)18-20-8-4-2-5-9-20/h2-15,24-25H,16-18H2,1H3/t24-,25+/m1/s1. The van der Waals surface area contributed by atoms with Gasteiger partial charge in [0.15, 0.2) is 0 Å². The maximum atomic E-state index is 12.7. The predicted octanol–water partition coefficient (Wildman–Crippen LogP) is 5.64. The minimum absolute atomic E-state index is 0.109. The number of nitrogens with zero attached hydrogens (tertiary/aromatic N) is 1. The summed E-state index contributed by atoms with van der Waals surface area (Å²) in [5, 5.41) is 0. The second kappa shape index (κ2) is 7.89. The minimum atomic E-state index is 0.109. The van der Waals surface area contributed by atoms with Crippen LogP contribution in [0.3, 0.4) is 0 Å². The number of carbonyl (C=O) groups is 1. The third-order valence-corrected chi connectivity index (χ3v) is 5.50. The first-order chi connectivity index (χ1) is 13.2. The zero-order valence-electron chi connectivity index (χ0n) is 15.7. The zero-order chi connectivity index (χ0) is 18.6. The van der Waals surface area contributed by atoms with Gasteiger partial charge in [0.25, 0.3) is 0 Å². The molecule has 1 aliphatic rings. The van der Waals surface area contributed by atoms with E-state index in [0.29, 0.717) is 18.6 Å². The number of hydrogen-bond acceptors (Lipinski definition) is 2. The van der Waals surface area contributed by atoms with Gasteiger partial charge in [-0.1, -0.05) is 90.5 Å². The summed E-state index contributed by atoms with van der Waals surface area (Å²) in [6.07, 6.45) is 1.17. The molecule has 0 saturated carbocycles. The number of carbonyl (C=O) groups excluding carboxylic acids is 1. The normalized spacial score (nSPS) is 20.6. The fraction of sp³-hybridized carbons (Fsp3) is 0.240. The molecule has 0 amide bonds. The van der Waals surface area contributed by atoms with Crippen LogP contribution >= 0.6 is 0 Å². The van der Waals surface area contributed by atoms with Gasteiger partial charge in [-0.15, -0.1) is 0 Å². The quantitative estimate of drug-likeness (QED) is 0.603. The van der Waals surface area contributed by atoms with Crippen molar-refractivity contribution in [2.45, 2.75) is 38.4 Å². The Balaban J connectivity index is 1.74. The van der Waals surface area contributed by atoms with Gasteiger partial charge in [0.2, 0.25) is 0 Å². The number of likely N-dealkylation sites (tertiary alicyclic amines) is 1. The molecule has 1 fully saturated rings. The van der Waals surface area contributed by atoms with E-state index in [1.165, 1.54) is 22.3 Å². The smallest absolute Gasteiger partial charge is 0.136 e. The first kappa shape index (κ1) is 17.7. The number of aryl methyl sites for hydroxylation is 1. The van der Waals surface area contributed by atoms with Crippen LogP contribution in [0.4, 0.5) is 0 Å². The lowest BCUT2D eigenvalue weighted by Gasteiger charge is -2.42. The van der Waals surface area contributed by atoms with Gasteiger partial charge in [-0.2, -0.15) is 0 Å². The number of piperidine rings is 1. The monoisotopic (exact) mass is 355 g/mol. The Morgan fingerprint density at radius 1 is 0.741 bits per heavy atom. The minimum Gasteiger partial charge on any atom is -0.300 e. The molecule has 2 heteroatoms. The summed E-state index contributed by atoms with van der Waals surface area (Å²) < 4.78 is 0. The van der Waals surface area contributed by atoms with Crippen LogP contribution in [0.15, 0.2) is 84.9 Å². The second-order valence-electron chi connectivity index (χ2n) is 7.46. The average Bonchev–Trinajstić information content (AvgIpc) is 2.71. The lowest BCUT2D eigenvalue weighted by atomic mass is 9.86. The summed E-state index contributed by atoms with van der Waals surface area (Å²) in [5.41, 5.74) is 4.98. The van der Waals surface area contributed by atoms with Crippen molar-refractivity contribution >= 4 is 5.78 Å². The van der Waals surface area contributed by atoms with Crippen molar-refractivity contribution < 1.29 is 4.79 Å². The Bertz CT molecular complexity index is 887. The first-order valence-electron chi connectivity index (χ1n) is 9.63. The van der Waals surface area contributed by atoms with Gasteiger partial charge in [0.05, 0.1) is 0 Å². The zero-order valence-corrected chi connectivity index (χ0v) is 15.7. The molecule has 1 saturated heterocycles. The molecule has 0 unspecified atom stereocenters. The van der Waals surface area contributed by atoms with Crippen LogP contribution in [-0.4, -0.2) is 10.7 Å². The molecule has 136 valence electrons. The van der Waals surface area contributed by atoms with Crippen molar-refractivity contribution in [1.82, 2.24) is 4.90 Å².